The molecule has 0 radical (unpaired) electrons. The third-order valence-electron chi connectivity index (χ3n) is 4.03. The summed E-state index contributed by atoms with van der Waals surface area (Å²) < 4.78 is 31.5. The molecule has 7 heteroatoms. The number of benzene rings is 2. The largest absolute Gasteiger partial charge is 0.494 e. The predicted octanol–water partition coefficient (Wildman–Crippen LogP) is 3.58. The quantitative estimate of drug-likeness (QED) is 0.748. The second kappa shape index (κ2) is 8.90. The van der Waals surface area contributed by atoms with Crippen molar-refractivity contribution in [2.24, 2.45) is 0 Å². The molecule has 0 aliphatic rings. The van der Waals surface area contributed by atoms with Crippen molar-refractivity contribution in [2.45, 2.75) is 33.2 Å². The van der Waals surface area contributed by atoms with Crippen LogP contribution < -0.4 is 14.4 Å². The van der Waals surface area contributed by atoms with E-state index in [0.29, 0.717) is 30.2 Å². The number of rotatable bonds is 8. The minimum absolute atomic E-state index is 0.331. The van der Waals surface area contributed by atoms with E-state index in [-0.39, 0.29) is 0 Å². The lowest BCUT2D eigenvalue weighted by molar-refractivity contribution is -0.117. The molecule has 2 aromatic rings. The molecule has 0 saturated heterocycles. The van der Waals surface area contributed by atoms with E-state index in [2.05, 4.69) is 5.32 Å². The summed E-state index contributed by atoms with van der Waals surface area (Å²) in [4.78, 5) is 12.9. The average Bonchev–Trinajstić information content (AvgIpc) is 2.60. The first kappa shape index (κ1) is 20.8. The normalized spacial score (nSPS) is 12.3. The van der Waals surface area contributed by atoms with Gasteiger partial charge in [0.05, 0.1) is 18.6 Å². The highest BCUT2D eigenvalue weighted by molar-refractivity contribution is 7.92. The Morgan fingerprint density at radius 3 is 2.37 bits per heavy atom. The van der Waals surface area contributed by atoms with Crippen molar-refractivity contribution in [3.8, 4) is 5.75 Å². The van der Waals surface area contributed by atoms with Gasteiger partial charge in [-0.1, -0.05) is 30.7 Å². The van der Waals surface area contributed by atoms with Gasteiger partial charge in [-0.25, -0.2) is 8.42 Å². The SMILES string of the molecule is CCOc1cccc(NC(=O)[C@H](CC)N(c2ccc(C)cc2)S(C)(=O)=O)c1. The van der Waals surface area contributed by atoms with Crippen molar-refractivity contribution in [3.63, 3.8) is 0 Å². The number of hydrogen-bond donors (Lipinski definition) is 1. The molecule has 146 valence electrons. The Labute approximate surface area is 161 Å². The smallest absolute Gasteiger partial charge is 0.248 e. The van der Waals surface area contributed by atoms with Gasteiger partial charge in [0.25, 0.3) is 0 Å². The van der Waals surface area contributed by atoms with Gasteiger partial charge in [-0.3, -0.25) is 9.10 Å². The van der Waals surface area contributed by atoms with E-state index in [1.165, 1.54) is 4.31 Å². The summed E-state index contributed by atoms with van der Waals surface area (Å²) >= 11 is 0. The van der Waals surface area contributed by atoms with Crippen LogP contribution in [0.4, 0.5) is 11.4 Å². The molecule has 0 fully saturated rings. The third kappa shape index (κ3) is 5.47. The van der Waals surface area contributed by atoms with Crippen LogP contribution in [0.25, 0.3) is 0 Å². The number of aryl methyl sites for hydroxylation is 1. The van der Waals surface area contributed by atoms with Gasteiger partial charge >= 0.3 is 0 Å². The second-order valence-electron chi connectivity index (χ2n) is 6.27. The van der Waals surface area contributed by atoms with Crippen molar-refractivity contribution >= 4 is 27.3 Å². The van der Waals surface area contributed by atoms with Gasteiger partial charge in [-0.05, 0) is 44.5 Å². The number of anilines is 2. The van der Waals surface area contributed by atoms with Crippen molar-refractivity contribution in [1.82, 2.24) is 0 Å². The topological polar surface area (TPSA) is 75.7 Å². The van der Waals surface area contributed by atoms with Crippen LogP contribution >= 0.6 is 0 Å². The summed E-state index contributed by atoms with van der Waals surface area (Å²) in [5, 5.41) is 2.80. The molecule has 1 atom stereocenters. The molecular weight excluding hydrogens is 364 g/mol. The Morgan fingerprint density at radius 2 is 1.81 bits per heavy atom. The van der Waals surface area contributed by atoms with Crippen molar-refractivity contribution in [2.75, 3.05) is 22.5 Å². The molecule has 1 N–H and O–H groups in total. The lowest BCUT2D eigenvalue weighted by Crippen LogP contribution is -2.47. The van der Waals surface area contributed by atoms with E-state index >= 15 is 0 Å². The minimum atomic E-state index is -3.65. The zero-order valence-electron chi connectivity index (χ0n) is 16.1. The van der Waals surface area contributed by atoms with Crippen LogP contribution in [0.3, 0.4) is 0 Å². The van der Waals surface area contributed by atoms with Gasteiger partial charge in [0.2, 0.25) is 15.9 Å². The lowest BCUT2D eigenvalue weighted by atomic mass is 10.1. The highest BCUT2D eigenvalue weighted by atomic mass is 32.2. The fraction of sp³-hybridized carbons (Fsp3) is 0.350. The molecule has 27 heavy (non-hydrogen) atoms. The highest BCUT2D eigenvalue weighted by Gasteiger charge is 2.31. The standard InChI is InChI=1S/C20H26N2O4S/c1-5-19(20(23)21-16-8-7-9-18(14-16)26-6-2)22(27(4,24)25)17-12-10-15(3)11-13-17/h7-14,19H,5-6H2,1-4H3,(H,21,23)/t19-/m0/s1. The number of sulfonamides is 1. The van der Waals surface area contributed by atoms with Gasteiger partial charge in [0.15, 0.2) is 0 Å². The maximum absolute atomic E-state index is 12.9. The van der Waals surface area contributed by atoms with E-state index in [4.69, 9.17) is 4.74 Å². The Balaban J connectivity index is 2.32. The van der Waals surface area contributed by atoms with Gasteiger partial charge in [-0.2, -0.15) is 0 Å². The fourth-order valence-electron chi connectivity index (χ4n) is 2.81. The van der Waals surface area contributed by atoms with E-state index < -0.39 is 22.0 Å². The van der Waals surface area contributed by atoms with E-state index in [1.54, 1.807) is 43.3 Å². The number of ether oxygens (including phenoxy) is 1. The molecule has 0 aliphatic carbocycles. The first-order valence-electron chi connectivity index (χ1n) is 8.86. The Bertz CT molecular complexity index is 879. The van der Waals surface area contributed by atoms with Crippen LogP contribution in [0.2, 0.25) is 0 Å². The van der Waals surface area contributed by atoms with E-state index in [1.807, 2.05) is 26.0 Å². The van der Waals surface area contributed by atoms with Crippen molar-refractivity contribution in [1.29, 1.82) is 0 Å². The number of amides is 1. The number of nitrogens with zero attached hydrogens (tertiary/aromatic N) is 1. The Morgan fingerprint density at radius 1 is 1.15 bits per heavy atom. The van der Waals surface area contributed by atoms with Crippen molar-refractivity contribution < 1.29 is 17.9 Å². The molecule has 0 heterocycles. The second-order valence-corrected chi connectivity index (χ2v) is 8.13. The number of hydrogen-bond acceptors (Lipinski definition) is 4. The molecule has 2 aromatic carbocycles. The molecule has 0 saturated carbocycles. The van der Waals surface area contributed by atoms with Crippen LogP contribution in [-0.4, -0.2) is 33.2 Å². The number of nitrogens with one attached hydrogen (secondary N) is 1. The van der Waals surface area contributed by atoms with Crippen LogP contribution in [0.1, 0.15) is 25.8 Å². The number of carbonyl (C=O) groups is 1. The molecule has 0 bridgehead atoms. The summed E-state index contributed by atoms with van der Waals surface area (Å²) in [5.74, 6) is 0.249. The predicted molar refractivity (Wildman–Crippen MR) is 109 cm³/mol. The van der Waals surface area contributed by atoms with Gasteiger partial charge in [0, 0.05) is 11.8 Å². The van der Waals surface area contributed by atoms with E-state index in [9.17, 15) is 13.2 Å². The molecule has 6 nitrogen and oxygen atoms in total. The van der Waals surface area contributed by atoms with Crippen LogP contribution in [0.5, 0.6) is 5.75 Å². The molecule has 0 spiro atoms. The summed E-state index contributed by atoms with van der Waals surface area (Å²) in [6.07, 6.45) is 1.44. The third-order valence-corrected chi connectivity index (χ3v) is 5.21. The summed E-state index contributed by atoms with van der Waals surface area (Å²) in [5.41, 5.74) is 2.03. The van der Waals surface area contributed by atoms with Crippen molar-refractivity contribution in [3.05, 3.63) is 54.1 Å². The Kier molecular flexibility index (Phi) is 6.85. The van der Waals surface area contributed by atoms with Gasteiger partial charge in [0.1, 0.15) is 11.8 Å². The average molecular weight is 391 g/mol. The van der Waals surface area contributed by atoms with Gasteiger partial charge in [-0.15, -0.1) is 0 Å². The monoisotopic (exact) mass is 390 g/mol. The van der Waals surface area contributed by atoms with Crippen LogP contribution in [-0.2, 0) is 14.8 Å². The van der Waals surface area contributed by atoms with E-state index in [0.717, 1.165) is 11.8 Å². The molecule has 2 rings (SSSR count). The first-order valence-corrected chi connectivity index (χ1v) is 10.7. The fourth-order valence-corrected chi connectivity index (χ4v) is 4.02. The Hall–Kier alpha value is -2.54. The summed E-state index contributed by atoms with van der Waals surface area (Å²) in [6.45, 7) is 6.10. The van der Waals surface area contributed by atoms with Crippen LogP contribution in [0, 0.1) is 6.92 Å². The zero-order valence-corrected chi connectivity index (χ0v) is 16.9. The highest BCUT2D eigenvalue weighted by Crippen LogP contribution is 2.24. The first-order chi connectivity index (χ1) is 12.8. The molecule has 0 aromatic heterocycles. The minimum Gasteiger partial charge on any atom is -0.494 e. The molecule has 0 unspecified atom stereocenters. The number of carbonyl (C=O) groups excluding carboxylic acids is 1. The summed E-state index contributed by atoms with van der Waals surface area (Å²) in [6, 6.07) is 13.2. The van der Waals surface area contributed by atoms with Gasteiger partial charge < -0.3 is 10.1 Å². The molecular formula is C20H26N2O4S. The summed E-state index contributed by atoms with van der Waals surface area (Å²) in [7, 11) is -3.65. The zero-order chi connectivity index (χ0) is 20.0. The maximum atomic E-state index is 12.9. The van der Waals surface area contributed by atoms with Crippen LogP contribution in [0.15, 0.2) is 48.5 Å². The molecule has 0 aliphatic heterocycles. The lowest BCUT2D eigenvalue weighted by Gasteiger charge is -2.30. The maximum Gasteiger partial charge on any atom is 0.248 e. The molecule has 1 amide bonds.